The summed E-state index contributed by atoms with van der Waals surface area (Å²) in [5.74, 6) is 0. The molecule has 0 aliphatic rings. The van der Waals surface area contributed by atoms with Crippen LogP contribution in [-0.4, -0.2) is 16.4 Å². The van der Waals surface area contributed by atoms with E-state index in [0.29, 0.717) is 0 Å². The third kappa shape index (κ3) is 17.6. The van der Waals surface area contributed by atoms with Crippen molar-refractivity contribution in [1.82, 2.24) is 0 Å². The van der Waals surface area contributed by atoms with Crippen molar-refractivity contribution in [1.29, 1.82) is 0 Å². The lowest BCUT2D eigenvalue weighted by molar-refractivity contribution is 0.367. The molecule has 0 fully saturated rings. The van der Waals surface area contributed by atoms with Gasteiger partial charge in [0.25, 0.3) is 0 Å². The summed E-state index contributed by atoms with van der Waals surface area (Å²) < 4.78 is 6.09. The Morgan fingerprint density at radius 1 is 0.459 bits per heavy atom. The quantitative estimate of drug-likeness (QED) is 0.0811. The maximum atomic E-state index is 6.09. The Morgan fingerprint density at radius 3 is 1.32 bits per heavy atom. The molecule has 37 heavy (non-hydrogen) atoms. The summed E-state index contributed by atoms with van der Waals surface area (Å²) in [7, 11) is -0.607. The Morgan fingerprint density at radius 2 is 0.865 bits per heavy atom. The van der Waals surface area contributed by atoms with Crippen LogP contribution >= 0.6 is 0 Å². The first-order chi connectivity index (χ1) is 18.3. The third-order valence-electron chi connectivity index (χ3n) is 8.20. The molecule has 0 aliphatic heterocycles. The van der Waals surface area contributed by atoms with Gasteiger partial charge in [-0.15, -0.1) is 0 Å². The van der Waals surface area contributed by atoms with Crippen LogP contribution in [0.1, 0.15) is 179 Å². The number of hydrogen-bond donors (Lipinski definition) is 0. The van der Waals surface area contributed by atoms with Gasteiger partial charge in [-0.2, -0.15) is 0 Å². The largest absolute Gasteiger partial charge is 0.419 e. The van der Waals surface area contributed by atoms with E-state index in [-0.39, 0.29) is 0 Å². The van der Waals surface area contributed by atoms with E-state index in [9.17, 15) is 0 Å². The topological polar surface area (TPSA) is 9.23 Å². The maximum absolute atomic E-state index is 6.09. The van der Waals surface area contributed by atoms with E-state index in [1.807, 2.05) is 0 Å². The van der Waals surface area contributed by atoms with Crippen molar-refractivity contribution in [3.05, 3.63) is 28.8 Å². The van der Waals surface area contributed by atoms with Crippen LogP contribution in [0.2, 0.25) is 0 Å². The number of unbranched alkanes of at least 4 members (excludes halogenated alkanes) is 18. The van der Waals surface area contributed by atoms with Crippen LogP contribution in [0.25, 0.3) is 0 Å². The van der Waals surface area contributed by atoms with E-state index >= 15 is 0 Å². The van der Waals surface area contributed by atoms with Gasteiger partial charge in [-0.1, -0.05) is 148 Å². The fourth-order valence-corrected chi connectivity index (χ4v) is 6.99. The van der Waals surface area contributed by atoms with Gasteiger partial charge in [0.2, 0.25) is 0 Å². The molecule has 0 spiro atoms. The second-order valence-corrected chi connectivity index (χ2v) is 13.1. The molecular weight excluding hydrogens is 464 g/mol. The summed E-state index contributed by atoms with van der Waals surface area (Å²) in [6, 6.07) is 5.01. The second-order valence-electron chi connectivity index (χ2n) is 11.6. The average Bonchev–Trinajstić information content (AvgIpc) is 2.91. The predicted octanol–water partition coefficient (Wildman–Crippen LogP) is 10.3. The number of rotatable bonds is 27. The van der Waals surface area contributed by atoms with Crippen LogP contribution in [0.5, 0.6) is 0 Å². The van der Waals surface area contributed by atoms with E-state index < -0.39 is 9.76 Å². The minimum atomic E-state index is -0.607. The van der Waals surface area contributed by atoms with Crippen LogP contribution in [0, 0.1) is 0 Å². The first-order valence-electron chi connectivity index (χ1n) is 17.0. The van der Waals surface area contributed by atoms with Crippen molar-refractivity contribution < 1.29 is 4.43 Å². The van der Waals surface area contributed by atoms with Crippen LogP contribution < -0.4 is 5.19 Å². The fraction of sp³-hybridized carbons (Fsp3) is 0.829. The Hall–Kier alpha value is -0.603. The summed E-state index contributed by atoms with van der Waals surface area (Å²) in [6.07, 6.45) is 33.3. The molecule has 0 saturated carbocycles. The number of hydrogen-bond acceptors (Lipinski definition) is 1. The summed E-state index contributed by atoms with van der Waals surface area (Å²) in [4.78, 5) is 0. The highest BCUT2D eigenvalue weighted by atomic mass is 28.2. The van der Waals surface area contributed by atoms with Gasteiger partial charge >= 0.3 is 0 Å². The highest BCUT2D eigenvalue weighted by Gasteiger charge is 2.14. The van der Waals surface area contributed by atoms with Crippen molar-refractivity contribution >= 4 is 14.9 Å². The molecule has 0 radical (unpaired) electrons. The third-order valence-corrected chi connectivity index (χ3v) is 9.78. The Bertz CT molecular complexity index is 626. The normalized spacial score (nSPS) is 11.8. The maximum Gasteiger partial charge on any atom is 0.192 e. The lowest BCUT2D eigenvalue weighted by atomic mass is 9.90. The van der Waals surface area contributed by atoms with Crippen LogP contribution in [-0.2, 0) is 23.7 Å². The molecule has 0 N–H and O–H groups in total. The summed E-state index contributed by atoms with van der Waals surface area (Å²) in [5.41, 5.74) is 5.18. The highest BCUT2D eigenvalue weighted by Crippen LogP contribution is 2.23. The van der Waals surface area contributed by atoms with Gasteiger partial charge in [0.05, 0.1) is 0 Å². The SMILES string of the molecule is CCCCCCCCCc1ccc([SiH2]OCC)c(CCCCCCCCC)c1CCCCCCCCC. The predicted molar refractivity (Wildman–Crippen MR) is 171 cm³/mol. The van der Waals surface area contributed by atoms with Crippen LogP contribution in [0.15, 0.2) is 12.1 Å². The smallest absolute Gasteiger partial charge is 0.192 e. The van der Waals surface area contributed by atoms with Crippen molar-refractivity contribution in [3.63, 3.8) is 0 Å². The van der Waals surface area contributed by atoms with Crippen molar-refractivity contribution in [2.75, 3.05) is 6.61 Å². The van der Waals surface area contributed by atoms with Gasteiger partial charge in [0.1, 0.15) is 0 Å². The molecule has 2 heteroatoms. The first-order valence-corrected chi connectivity index (χ1v) is 18.3. The minimum absolute atomic E-state index is 0.607. The molecule has 1 nitrogen and oxygen atoms in total. The van der Waals surface area contributed by atoms with E-state index in [0.717, 1.165) is 6.61 Å². The van der Waals surface area contributed by atoms with Gasteiger partial charge in [-0.05, 0) is 67.3 Å². The van der Waals surface area contributed by atoms with Crippen molar-refractivity contribution in [2.24, 2.45) is 0 Å². The number of benzene rings is 1. The molecule has 216 valence electrons. The van der Waals surface area contributed by atoms with Gasteiger partial charge in [0, 0.05) is 6.61 Å². The average molecular weight is 531 g/mol. The molecule has 0 amide bonds. The molecule has 0 heterocycles. The van der Waals surface area contributed by atoms with Gasteiger partial charge in [0.15, 0.2) is 9.76 Å². The zero-order valence-corrected chi connectivity index (χ0v) is 27.4. The van der Waals surface area contributed by atoms with Crippen LogP contribution in [0.4, 0.5) is 0 Å². The Balaban J connectivity index is 2.82. The van der Waals surface area contributed by atoms with Gasteiger partial charge in [-0.25, -0.2) is 0 Å². The monoisotopic (exact) mass is 530 g/mol. The van der Waals surface area contributed by atoms with E-state index in [4.69, 9.17) is 4.43 Å². The minimum Gasteiger partial charge on any atom is -0.419 e. The van der Waals surface area contributed by atoms with Crippen molar-refractivity contribution in [2.45, 2.75) is 182 Å². The molecule has 0 unspecified atom stereocenters. The zero-order chi connectivity index (χ0) is 26.8. The fourth-order valence-electron chi connectivity index (χ4n) is 5.78. The summed E-state index contributed by atoms with van der Waals surface area (Å²) in [5, 5.41) is 1.62. The lowest BCUT2D eigenvalue weighted by Crippen LogP contribution is -2.25. The molecule has 0 bridgehead atoms. The number of aryl methyl sites for hydroxylation is 1. The van der Waals surface area contributed by atoms with Gasteiger partial charge in [-0.3, -0.25) is 0 Å². The summed E-state index contributed by atoms with van der Waals surface area (Å²) in [6.45, 7) is 9.98. The Kier molecular flexibility index (Phi) is 23.9. The Labute approximate surface area is 236 Å². The highest BCUT2D eigenvalue weighted by molar-refractivity contribution is 6.47. The molecule has 0 aromatic heterocycles. The zero-order valence-electron chi connectivity index (χ0n) is 25.9. The van der Waals surface area contributed by atoms with E-state index in [1.165, 1.54) is 154 Å². The molecular formula is C35H66OSi. The standard InChI is InChI=1S/C35H66OSi/c1-5-9-12-15-18-21-24-27-32-30-31-35(37-36-8-4)34(29-26-23-20-17-14-11-7-3)33(32)28-25-22-19-16-13-10-6-2/h30-31H,5-29,37H2,1-4H3. The first kappa shape index (κ1) is 34.4. The molecule has 1 rings (SSSR count). The van der Waals surface area contributed by atoms with Crippen LogP contribution in [0.3, 0.4) is 0 Å². The van der Waals surface area contributed by atoms with E-state index in [1.54, 1.807) is 21.9 Å². The molecule has 0 aliphatic carbocycles. The van der Waals surface area contributed by atoms with Crippen molar-refractivity contribution in [3.8, 4) is 0 Å². The van der Waals surface area contributed by atoms with Gasteiger partial charge < -0.3 is 4.43 Å². The van der Waals surface area contributed by atoms with E-state index in [2.05, 4.69) is 39.8 Å². The molecule has 1 aromatic rings. The lowest BCUT2D eigenvalue weighted by Gasteiger charge is -2.20. The molecule has 1 aromatic carbocycles. The summed E-state index contributed by atoms with van der Waals surface area (Å²) >= 11 is 0. The second kappa shape index (κ2) is 25.7. The molecule has 0 atom stereocenters. The molecule has 0 saturated heterocycles.